The van der Waals surface area contributed by atoms with Crippen molar-refractivity contribution in [1.82, 2.24) is 9.97 Å². The summed E-state index contributed by atoms with van der Waals surface area (Å²) >= 11 is 0. The predicted molar refractivity (Wildman–Crippen MR) is 117 cm³/mol. The topological polar surface area (TPSA) is 107 Å². The molecule has 0 aliphatic carbocycles. The third-order valence-electron chi connectivity index (χ3n) is 4.61. The minimum absolute atomic E-state index is 0.0200. The van der Waals surface area contributed by atoms with Crippen LogP contribution in [0.15, 0.2) is 65.6 Å². The highest BCUT2D eigenvalue weighted by atomic mass is 32.2. The first-order valence-corrected chi connectivity index (χ1v) is 10.9. The Balaban J connectivity index is 1.77. The number of rotatable bonds is 6. The smallest absolute Gasteiger partial charge is 0.338 e. The summed E-state index contributed by atoms with van der Waals surface area (Å²) < 4.78 is 39.0. The summed E-state index contributed by atoms with van der Waals surface area (Å²) in [5, 5.41) is 0. The third-order valence-corrected chi connectivity index (χ3v) is 5.97. The van der Waals surface area contributed by atoms with Gasteiger partial charge in [0.2, 0.25) is 0 Å². The number of benzene rings is 3. The Morgan fingerprint density at radius 3 is 2.26 bits per heavy atom. The van der Waals surface area contributed by atoms with Crippen LogP contribution in [0.1, 0.15) is 17.3 Å². The minimum atomic E-state index is -4.00. The molecule has 8 nitrogen and oxygen atoms in total. The van der Waals surface area contributed by atoms with Crippen LogP contribution >= 0.6 is 0 Å². The van der Waals surface area contributed by atoms with Crippen LogP contribution < -0.4 is 9.46 Å². The standard InChI is InChI=1S/C22H19N3O5S/c1-3-30-22(26)14-8-10-15(11-9-14)31(27,28)25-21-19(29-2)13-12-18-20(21)24-17-7-5-4-6-16(17)23-18/h4-13,25H,3H2,1-2H3. The molecule has 0 amide bonds. The fourth-order valence-corrected chi connectivity index (χ4v) is 4.19. The number of para-hydroxylation sites is 2. The van der Waals surface area contributed by atoms with E-state index in [4.69, 9.17) is 9.47 Å². The number of anilines is 1. The molecule has 31 heavy (non-hydrogen) atoms. The molecule has 1 N–H and O–H groups in total. The van der Waals surface area contributed by atoms with Gasteiger partial charge in [-0.2, -0.15) is 0 Å². The molecule has 0 spiro atoms. The molecule has 0 unspecified atom stereocenters. The van der Waals surface area contributed by atoms with E-state index in [-0.39, 0.29) is 22.8 Å². The van der Waals surface area contributed by atoms with Gasteiger partial charge in [0.25, 0.3) is 10.0 Å². The number of nitrogens with zero attached hydrogens (tertiary/aromatic N) is 2. The average molecular weight is 437 g/mol. The molecule has 4 aromatic rings. The van der Waals surface area contributed by atoms with Gasteiger partial charge in [0.15, 0.2) is 0 Å². The van der Waals surface area contributed by atoms with Crippen molar-refractivity contribution >= 4 is 43.7 Å². The van der Waals surface area contributed by atoms with Crippen molar-refractivity contribution in [3.8, 4) is 5.75 Å². The van der Waals surface area contributed by atoms with E-state index in [0.29, 0.717) is 27.8 Å². The second-order valence-electron chi connectivity index (χ2n) is 6.57. The number of nitrogens with one attached hydrogen (secondary N) is 1. The fraction of sp³-hybridized carbons (Fsp3) is 0.136. The Morgan fingerprint density at radius 2 is 1.61 bits per heavy atom. The molecule has 0 aliphatic heterocycles. The molecule has 4 rings (SSSR count). The van der Waals surface area contributed by atoms with Crippen LogP contribution in [0.2, 0.25) is 0 Å². The lowest BCUT2D eigenvalue weighted by Gasteiger charge is -2.14. The van der Waals surface area contributed by atoms with Crippen LogP contribution in [-0.4, -0.2) is 38.1 Å². The molecular weight excluding hydrogens is 418 g/mol. The molecule has 1 aromatic heterocycles. The van der Waals surface area contributed by atoms with Crippen LogP contribution in [0.4, 0.5) is 5.69 Å². The Labute approximate surface area is 178 Å². The van der Waals surface area contributed by atoms with Gasteiger partial charge in [-0.1, -0.05) is 12.1 Å². The Hall–Kier alpha value is -3.72. The molecule has 0 aliphatic rings. The molecule has 0 fully saturated rings. The van der Waals surface area contributed by atoms with Crippen molar-refractivity contribution < 1.29 is 22.7 Å². The first kappa shape index (κ1) is 20.5. The van der Waals surface area contributed by atoms with Crippen molar-refractivity contribution in [2.24, 2.45) is 0 Å². The van der Waals surface area contributed by atoms with E-state index in [1.165, 1.54) is 31.4 Å². The number of carbonyl (C=O) groups is 1. The summed E-state index contributed by atoms with van der Waals surface area (Å²) in [6.07, 6.45) is 0. The van der Waals surface area contributed by atoms with E-state index in [0.717, 1.165) is 0 Å². The van der Waals surface area contributed by atoms with Crippen molar-refractivity contribution in [2.45, 2.75) is 11.8 Å². The number of hydrogen-bond acceptors (Lipinski definition) is 7. The first-order valence-electron chi connectivity index (χ1n) is 9.46. The highest BCUT2D eigenvalue weighted by Crippen LogP contribution is 2.34. The van der Waals surface area contributed by atoms with Gasteiger partial charge in [-0.25, -0.2) is 23.2 Å². The monoisotopic (exact) mass is 437 g/mol. The van der Waals surface area contributed by atoms with Crippen molar-refractivity contribution in [3.05, 3.63) is 66.2 Å². The second-order valence-corrected chi connectivity index (χ2v) is 8.26. The number of fused-ring (bicyclic) bond motifs is 2. The predicted octanol–water partition coefficient (Wildman–Crippen LogP) is 3.77. The molecule has 9 heteroatoms. The summed E-state index contributed by atoms with van der Waals surface area (Å²) in [4.78, 5) is 20.9. The van der Waals surface area contributed by atoms with Crippen molar-refractivity contribution in [2.75, 3.05) is 18.4 Å². The van der Waals surface area contributed by atoms with Crippen LogP contribution in [0, 0.1) is 0 Å². The second kappa shape index (κ2) is 8.19. The summed E-state index contributed by atoms with van der Waals surface area (Å²) in [5.41, 5.74) is 2.67. The van der Waals surface area contributed by atoms with Gasteiger partial charge in [-0.3, -0.25) is 4.72 Å². The van der Waals surface area contributed by atoms with Crippen molar-refractivity contribution in [3.63, 3.8) is 0 Å². The van der Waals surface area contributed by atoms with E-state index in [2.05, 4.69) is 14.7 Å². The zero-order chi connectivity index (χ0) is 22.0. The maximum Gasteiger partial charge on any atom is 0.338 e. The molecular formula is C22H19N3O5S. The first-order chi connectivity index (χ1) is 14.9. The van der Waals surface area contributed by atoms with Crippen LogP contribution in [-0.2, 0) is 14.8 Å². The van der Waals surface area contributed by atoms with Crippen LogP contribution in [0.5, 0.6) is 5.75 Å². The Kier molecular flexibility index (Phi) is 5.43. The lowest BCUT2D eigenvalue weighted by molar-refractivity contribution is 0.0526. The maximum atomic E-state index is 13.1. The average Bonchev–Trinajstić information content (AvgIpc) is 2.78. The van der Waals surface area contributed by atoms with E-state index < -0.39 is 16.0 Å². The van der Waals surface area contributed by atoms with E-state index in [1.807, 2.05) is 18.2 Å². The normalized spacial score (nSPS) is 11.4. The van der Waals surface area contributed by atoms with Gasteiger partial charge in [0, 0.05) is 0 Å². The summed E-state index contributed by atoms with van der Waals surface area (Å²) in [6, 6.07) is 16.2. The van der Waals surface area contributed by atoms with Crippen LogP contribution in [0.25, 0.3) is 22.1 Å². The quantitative estimate of drug-likeness (QED) is 0.361. The van der Waals surface area contributed by atoms with Gasteiger partial charge < -0.3 is 9.47 Å². The Bertz CT molecular complexity index is 1390. The molecule has 0 saturated heterocycles. The van der Waals surface area contributed by atoms with Crippen molar-refractivity contribution in [1.29, 1.82) is 0 Å². The zero-order valence-electron chi connectivity index (χ0n) is 16.8. The number of ether oxygens (including phenoxy) is 2. The van der Waals surface area contributed by atoms with Gasteiger partial charge >= 0.3 is 5.97 Å². The molecule has 3 aromatic carbocycles. The third kappa shape index (κ3) is 3.99. The zero-order valence-corrected chi connectivity index (χ0v) is 17.6. The van der Waals surface area contributed by atoms with Crippen LogP contribution in [0.3, 0.4) is 0 Å². The minimum Gasteiger partial charge on any atom is -0.494 e. The number of aromatic nitrogens is 2. The molecule has 0 atom stereocenters. The molecule has 1 heterocycles. The van der Waals surface area contributed by atoms with Gasteiger partial charge in [-0.05, 0) is 55.5 Å². The molecule has 158 valence electrons. The maximum absolute atomic E-state index is 13.1. The number of hydrogen-bond donors (Lipinski definition) is 1. The lowest BCUT2D eigenvalue weighted by atomic mass is 10.2. The summed E-state index contributed by atoms with van der Waals surface area (Å²) in [6.45, 7) is 1.93. The number of carbonyl (C=O) groups excluding carboxylic acids is 1. The number of esters is 1. The number of sulfonamides is 1. The summed E-state index contributed by atoms with van der Waals surface area (Å²) in [7, 11) is -2.55. The highest BCUT2D eigenvalue weighted by Gasteiger charge is 2.21. The summed E-state index contributed by atoms with van der Waals surface area (Å²) in [5.74, 6) is -0.207. The molecule has 0 saturated carbocycles. The van der Waals surface area contributed by atoms with E-state index >= 15 is 0 Å². The molecule has 0 bridgehead atoms. The SMILES string of the molecule is CCOC(=O)c1ccc(S(=O)(=O)Nc2c(OC)ccc3nc4ccccc4nc23)cc1. The largest absolute Gasteiger partial charge is 0.494 e. The van der Waals surface area contributed by atoms with E-state index in [9.17, 15) is 13.2 Å². The van der Waals surface area contributed by atoms with Gasteiger partial charge in [0.05, 0.1) is 40.7 Å². The van der Waals surface area contributed by atoms with Gasteiger partial charge in [-0.15, -0.1) is 0 Å². The fourth-order valence-electron chi connectivity index (χ4n) is 3.12. The lowest BCUT2D eigenvalue weighted by Crippen LogP contribution is -2.15. The van der Waals surface area contributed by atoms with Gasteiger partial charge in [0.1, 0.15) is 17.0 Å². The highest BCUT2D eigenvalue weighted by molar-refractivity contribution is 7.92. The Morgan fingerprint density at radius 1 is 0.935 bits per heavy atom. The number of methoxy groups -OCH3 is 1. The van der Waals surface area contributed by atoms with E-state index in [1.54, 1.807) is 25.1 Å². The molecule has 0 radical (unpaired) electrons.